The van der Waals surface area contributed by atoms with Crippen molar-refractivity contribution in [3.8, 4) is 5.69 Å². The Hall–Kier alpha value is -2.38. The number of benzene rings is 2. The van der Waals surface area contributed by atoms with E-state index in [0.717, 1.165) is 12.1 Å². The topological polar surface area (TPSA) is 51.1 Å². The highest BCUT2D eigenvalue weighted by Crippen LogP contribution is 2.26. The van der Waals surface area contributed by atoms with Crippen molar-refractivity contribution in [2.24, 2.45) is 0 Å². The fourth-order valence-corrected chi connectivity index (χ4v) is 3.54. The number of rotatable bonds is 4. The first-order chi connectivity index (χ1) is 11.4. The summed E-state index contributed by atoms with van der Waals surface area (Å²) in [4.78, 5) is -0.652. The van der Waals surface area contributed by atoms with Gasteiger partial charge in [0.2, 0.25) is 0 Å². The molecule has 3 aromatic rings. The van der Waals surface area contributed by atoms with Gasteiger partial charge in [-0.05, 0) is 42.5 Å². The highest BCUT2D eigenvalue weighted by molar-refractivity contribution is 7.92. The number of anilines is 1. The molecule has 0 unspecified atom stereocenters. The van der Waals surface area contributed by atoms with Gasteiger partial charge in [-0.25, -0.2) is 17.2 Å². The summed E-state index contributed by atoms with van der Waals surface area (Å²) in [6, 6.07) is 11.1. The van der Waals surface area contributed by atoms with Crippen molar-refractivity contribution in [3.63, 3.8) is 0 Å². The van der Waals surface area contributed by atoms with Gasteiger partial charge in [-0.15, -0.1) is 0 Å². The standard InChI is InChI=1S/C16H11ClF2N2O2S/c17-12-4-3-5-15(16(12)19)24(22,23)20-14-10-11(6-7-13(14)18)21-8-1-2-9-21/h1-10,20H. The van der Waals surface area contributed by atoms with Crippen LogP contribution in [0.2, 0.25) is 5.02 Å². The summed E-state index contributed by atoms with van der Waals surface area (Å²) in [6.45, 7) is 0. The number of hydrogen-bond donors (Lipinski definition) is 1. The Morgan fingerprint density at radius 1 is 1.00 bits per heavy atom. The summed E-state index contributed by atoms with van der Waals surface area (Å²) in [5.41, 5.74) is 0.256. The lowest BCUT2D eigenvalue weighted by atomic mass is 10.2. The zero-order valence-electron chi connectivity index (χ0n) is 12.1. The van der Waals surface area contributed by atoms with E-state index in [0.29, 0.717) is 5.69 Å². The maximum Gasteiger partial charge on any atom is 0.264 e. The van der Waals surface area contributed by atoms with Crippen molar-refractivity contribution in [2.45, 2.75) is 4.90 Å². The minimum Gasteiger partial charge on any atom is -0.324 e. The number of halogens is 3. The fourth-order valence-electron chi connectivity index (χ4n) is 2.15. The van der Waals surface area contributed by atoms with E-state index in [1.54, 1.807) is 29.1 Å². The Morgan fingerprint density at radius 2 is 1.71 bits per heavy atom. The van der Waals surface area contributed by atoms with Crippen molar-refractivity contribution in [2.75, 3.05) is 4.72 Å². The zero-order chi connectivity index (χ0) is 17.3. The van der Waals surface area contributed by atoms with Crippen molar-refractivity contribution < 1.29 is 17.2 Å². The second-order valence-corrected chi connectivity index (χ2v) is 6.97. The molecule has 24 heavy (non-hydrogen) atoms. The van der Waals surface area contributed by atoms with Crippen LogP contribution in [0.15, 0.2) is 65.8 Å². The Labute approximate surface area is 142 Å². The van der Waals surface area contributed by atoms with Crippen LogP contribution in [0.4, 0.5) is 14.5 Å². The molecule has 4 nitrogen and oxygen atoms in total. The van der Waals surface area contributed by atoms with E-state index in [4.69, 9.17) is 11.6 Å². The molecular formula is C16H11ClF2N2O2S. The zero-order valence-corrected chi connectivity index (χ0v) is 13.7. The number of nitrogens with zero attached hydrogens (tertiary/aromatic N) is 1. The molecule has 0 aliphatic rings. The van der Waals surface area contributed by atoms with Gasteiger partial charge >= 0.3 is 0 Å². The summed E-state index contributed by atoms with van der Waals surface area (Å²) in [6.07, 6.45) is 3.45. The van der Waals surface area contributed by atoms with Crippen molar-refractivity contribution in [3.05, 3.63) is 77.6 Å². The van der Waals surface area contributed by atoms with E-state index >= 15 is 0 Å². The smallest absolute Gasteiger partial charge is 0.264 e. The molecule has 0 saturated carbocycles. The van der Waals surface area contributed by atoms with Gasteiger partial charge in [-0.2, -0.15) is 0 Å². The molecule has 0 saturated heterocycles. The van der Waals surface area contributed by atoms with Gasteiger partial charge in [0.15, 0.2) is 5.82 Å². The molecule has 0 fully saturated rings. The molecule has 8 heteroatoms. The SMILES string of the molecule is O=S(=O)(Nc1cc(-n2cccc2)ccc1F)c1cccc(Cl)c1F. The normalized spacial score (nSPS) is 11.5. The average Bonchev–Trinajstić information content (AvgIpc) is 3.06. The summed E-state index contributed by atoms with van der Waals surface area (Å²) in [7, 11) is -4.33. The molecule has 0 aliphatic carbocycles. The molecule has 0 spiro atoms. The highest BCUT2D eigenvalue weighted by atomic mass is 35.5. The molecule has 0 atom stereocenters. The number of nitrogens with one attached hydrogen (secondary N) is 1. The molecule has 0 aliphatic heterocycles. The molecule has 0 amide bonds. The minimum atomic E-state index is -4.33. The van der Waals surface area contributed by atoms with Gasteiger partial charge in [0.25, 0.3) is 10.0 Å². The highest BCUT2D eigenvalue weighted by Gasteiger charge is 2.22. The maximum absolute atomic E-state index is 14.0. The third-order valence-electron chi connectivity index (χ3n) is 3.30. The van der Waals surface area contributed by atoms with E-state index in [2.05, 4.69) is 4.72 Å². The van der Waals surface area contributed by atoms with Gasteiger partial charge in [-0.3, -0.25) is 4.72 Å². The van der Waals surface area contributed by atoms with E-state index in [9.17, 15) is 17.2 Å². The Kier molecular flexibility index (Phi) is 4.29. The van der Waals surface area contributed by atoms with Crippen LogP contribution in [-0.2, 0) is 10.0 Å². The molecule has 0 radical (unpaired) electrons. The first-order valence-electron chi connectivity index (χ1n) is 6.78. The molecule has 1 heterocycles. The Bertz CT molecular complexity index is 989. The lowest BCUT2D eigenvalue weighted by Crippen LogP contribution is -2.16. The van der Waals surface area contributed by atoms with Gasteiger partial charge in [-0.1, -0.05) is 17.7 Å². The van der Waals surface area contributed by atoms with Crippen LogP contribution in [-0.4, -0.2) is 13.0 Å². The van der Waals surface area contributed by atoms with E-state index in [1.165, 1.54) is 24.3 Å². The molecule has 1 N–H and O–H groups in total. The molecule has 124 valence electrons. The van der Waals surface area contributed by atoms with E-state index in [-0.39, 0.29) is 10.7 Å². The van der Waals surface area contributed by atoms with Crippen LogP contribution >= 0.6 is 11.6 Å². The monoisotopic (exact) mass is 368 g/mol. The van der Waals surface area contributed by atoms with Crippen LogP contribution in [0.3, 0.4) is 0 Å². The lowest BCUT2D eigenvalue weighted by Gasteiger charge is -2.12. The molecular weight excluding hydrogens is 358 g/mol. The molecule has 0 bridgehead atoms. The first-order valence-corrected chi connectivity index (χ1v) is 8.64. The minimum absolute atomic E-state index is 0.291. The quantitative estimate of drug-likeness (QED) is 0.750. The Balaban J connectivity index is 2.01. The summed E-state index contributed by atoms with van der Waals surface area (Å²) < 4.78 is 56.4. The largest absolute Gasteiger partial charge is 0.324 e. The number of sulfonamides is 1. The van der Waals surface area contributed by atoms with Crippen LogP contribution in [0.25, 0.3) is 5.69 Å². The van der Waals surface area contributed by atoms with Crippen molar-refractivity contribution >= 4 is 27.3 Å². The second-order valence-electron chi connectivity index (χ2n) is 4.91. The van der Waals surface area contributed by atoms with Gasteiger partial charge in [0.05, 0.1) is 10.7 Å². The predicted molar refractivity (Wildman–Crippen MR) is 87.9 cm³/mol. The van der Waals surface area contributed by atoms with Gasteiger partial charge in [0, 0.05) is 18.1 Å². The third kappa shape index (κ3) is 3.13. The predicted octanol–water partition coefficient (Wildman–Crippen LogP) is 4.21. The Morgan fingerprint density at radius 3 is 2.42 bits per heavy atom. The van der Waals surface area contributed by atoms with Crippen molar-refractivity contribution in [1.82, 2.24) is 4.57 Å². The third-order valence-corrected chi connectivity index (χ3v) is 4.98. The maximum atomic E-state index is 14.0. The summed E-state index contributed by atoms with van der Waals surface area (Å²) in [5, 5.41) is -0.334. The van der Waals surface area contributed by atoms with Crippen LogP contribution < -0.4 is 4.72 Å². The first kappa shape index (κ1) is 16.5. The molecule has 3 rings (SSSR count). The van der Waals surface area contributed by atoms with E-state index in [1.807, 2.05) is 0 Å². The second kappa shape index (κ2) is 6.26. The average molecular weight is 369 g/mol. The summed E-state index contributed by atoms with van der Waals surface area (Å²) >= 11 is 5.60. The van der Waals surface area contributed by atoms with Crippen molar-refractivity contribution in [1.29, 1.82) is 0 Å². The van der Waals surface area contributed by atoms with E-state index < -0.39 is 26.6 Å². The van der Waals surface area contributed by atoms with Crippen LogP contribution in [0.5, 0.6) is 0 Å². The van der Waals surface area contributed by atoms with Crippen LogP contribution in [0.1, 0.15) is 0 Å². The fraction of sp³-hybridized carbons (Fsp3) is 0. The number of hydrogen-bond acceptors (Lipinski definition) is 2. The lowest BCUT2D eigenvalue weighted by molar-refractivity contribution is 0.569. The molecule has 2 aromatic carbocycles. The van der Waals surface area contributed by atoms with Crippen LogP contribution in [0, 0.1) is 11.6 Å². The summed E-state index contributed by atoms with van der Waals surface area (Å²) in [5.74, 6) is -1.87. The van der Waals surface area contributed by atoms with Gasteiger partial charge in [0.1, 0.15) is 10.7 Å². The van der Waals surface area contributed by atoms with Gasteiger partial charge < -0.3 is 4.57 Å². The molecule has 1 aromatic heterocycles. The number of aromatic nitrogens is 1.